The highest BCUT2D eigenvalue weighted by molar-refractivity contribution is 5.78. The van der Waals surface area contributed by atoms with Crippen LogP contribution >= 0.6 is 0 Å². The summed E-state index contributed by atoms with van der Waals surface area (Å²) in [6.45, 7) is 13.5. The molecule has 0 aromatic heterocycles. The van der Waals surface area contributed by atoms with Gasteiger partial charge in [0.25, 0.3) is 0 Å². The van der Waals surface area contributed by atoms with Crippen molar-refractivity contribution in [3.63, 3.8) is 0 Å². The molecule has 0 unspecified atom stereocenters. The molecule has 2 nitrogen and oxygen atoms in total. The quantitative estimate of drug-likeness (QED) is 0.0565. The molecule has 0 radical (unpaired) electrons. The molecule has 0 amide bonds. The summed E-state index contributed by atoms with van der Waals surface area (Å²) in [6.07, 6.45) is 42.1. The van der Waals surface area contributed by atoms with Crippen molar-refractivity contribution in [2.75, 3.05) is 13.1 Å². The Labute approximate surface area is 272 Å². The summed E-state index contributed by atoms with van der Waals surface area (Å²) in [5.74, 6) is 1.36. The molecule has 0 aliphatic carbocycles. The van der Waals surface area contributed by atoms with E-state index in [1.807, 2.05) is 0 Å². The molecule has 0 rings (SSSR count). The average Bonchev–Trinajstić information content (AvgIpc) is 3.00. The van der Waals surface area contributed by atoms with E-state index in [9.17, 15) is 4.79 Å². The lowest BCUT2D eigenvalue weighted by Gasteiger charge is -2.19. The summed E-state index contributed by atoms with van der Waals surface area (Å²) in [7, 11) is 0. The van der Waals surface area contributed by atoms with E-state index >= 15 is 0 Å². The Kier molecular flexibility index (Phi) is 35.3. The summed E-state index contributed by atoms with van der Waals surface area (Å²) in [6, 6.07) is 0. The Bertz CT molecular complexity index is 554. The molecule has 0 aromatic rings. The number of carbonyl (C=O) groups is 1. The largest absolute Gasteiger partial charge is 0.317 e. The van der Waals surface area contributed by atoms with Crippen LogP contribution in [0.5, 0.6) is 0 Å². The maximum Gasteiger partial charge on any atom is 0.132 e. The number of hydrogen-bond acceptors (Lipinski definition) is 2. The van der Waals surface area contributed by atoms with Crippen LogP contribution < -0.4 is 5.32 Å². The van der Waals surface area contributed by atoms with Crippen molar-refractivity contribution in [2.45, 2.75) is 226 Å². The zero-order valence-corrected chi connectivity index (χ0v) is 30.2. The molecule has 0 heterocycles. The van der Waals surface area contributed by atoms with Crippen molar-refractivity contribution < 1.29 is 4.79 Å². The van der Waals surface area contributed by atoms with E-state index in [1.54, 1.807) is 0 Å². The molecule has 0 atom stereocenters. The lowest BCUT2D eigenvalue weighted by molar-refractivity contribution is -0.119. The molecule has 1 N–H and O–H groups in total. The molecule has 256 valence electrons. The van der Waals surface area contributed by atoms with Crippen molar-refractivity contribution in [3.8, 4) is 0 Å². The highest BCUT2D eigenvalue weighted by atomic mass is 16.1. The monoisotopic (exact) mass is 604 g/mol. The Balaban J connectivity index is 3.73. The molecule has 0 saturated heterocycles. The van der Waals surface area contributed by atoms with Gasteiger partial charge in [-0.1, -0.05) is 187 Å². The van der Waals surface area contributed by atoms with E-state index in [0.29, 0.717) is 5.78 Å². The van der Waals surface area contributed by atoms with Crippen LogP contribution in [0.25, 0.3) is 0 Å². The predicted octanol–water partition coefficient (Wildman–Crippen LogP) is 13.9. The summed E-state index contributed by atoms with van der Waals surface area (Å²) < 4.78 is 0. The Morgan fingerprint density at radius 2 is 0.837 bits per heavy atom. The van der Waals surface area contributed by atoms with Crippen LogP contribution in [-0.4, -0.2) is 18.9 Å². The van der Waals surface area contributed by atoms with Gasteiger partial charge in [-0.25, -0.2) is 0 Å². The molecular formula is C41H81NO. The van der Waals surface area contributed by atoms with Crippen LogP contribution in [0, 0.1) is 5.92 Å². The second-order valence-corrected chi connectivity index (χ2v) is 14.1. The molecule has 43 heavy (non-hydrogen) atoms. The van der Waals surface area contributed by atoms with Gasteiger partial charge in [0.05, 0.1) is 0 Å². The zero-order valence-electron chi connectivity index (χ0n) is 30.2. The SMILES string of the molecule is C=C(CCCCCCCNCCCC(=O)CCCCCCCCCC)CC(CCCCCCCC)CCCCCCCC. The topological polar surface area (TPSA) is 29.1 Å². The number of rotatable bonds is 37. The first-order valence-electron chi connectivity index (χ1n) is 20.0. The number of unbranched alkanes of at least 4 members (excludes halogenated alkanes) is 21. The van der Waals surface area contributed by atoms with Crippen LogP contribution in [0.2, 0.25) is 0 Å². The second-order valence-electron chi connectivity index (χ2n) is 14.1. The predicted molar refractivity (Wildman–Crippen MR) is 195 cm³/mol. The first-order valence-corrected chi connectivity index (χ1v) is 20.0. The summed E-state index contributed by atoms with van der Waals surface area (Å²) in [5.41, 5.74) is 1.53. The number of allylic oxidation sites excluding steroid dienone is 1. The fourth-order valence-electron chi connectivity index (χ4n) is 6.56. The number of Topliss-reactive ketones (excluding diaryl/α,β-unsaturated/α-hetero) is 1. The minimum Gasteiger partial charge on any atom is -0.317 e. The Morgan fingerprint density at radius 3 is 1.35 bits per heavy atom. The highest BCUT2D eigenvalue weighted by Gasteiger charge is 2.11. The fourth-order valence-corrected chi connectivity index (χ4v) is 6.56. The first kappa shape index (κ1) is 42.4. The normalized spacial score (nSPS) is 11.5. The Morgan fingerprint density at radius 1 is 0.465 bits per heavy atom. The van der Waals surface area contributed by atoms with Crippen LogP contribution in [0.3, 0.4) is 0 Å². The number of ketones is 1. The number of nitrogens with one attached hydrogen (secondary N) is 1. The highest BCUT2D eigenvalue weighted by Crippen LogP contribution is 2.27. The standard InChI is InChI=1S/C41H81NO/c1-5-8-11-14-17-18-23-28-34-41(43)35-30-37-42-36-29-24-19-20-25-31-39(4)38-40(32-26-21-15-12-9-6-2)33-27-22-16-13-10-7-3/h40,42H,4-38H2,1-3H3. The molecule has 2 heteroatoms. The molecule has 0 bridgehead atoms. The molecular weight excluding hydrogens is 522 g/mol. The Hall–Kier alpha value is -0.630. The van der Waals surface area contributed by atoms with Crippen LogP contribution in [0.1, 0.15) is 226 Å². The third kappa shape index (κ3) is 34.1. The molecule has 0 aliphatic rings. The van der Waals surface area contributed by atoms with E-state index in [4.69, 9.17) is 0 Å². The number of carbonyl (C=O) groups excluding carboxylic acids is 1. The minimum absolute atomic E-state index is 0.477. The van der Waals surface area contributed by atoms with E-state index in [1.165, 1.54) is 185 Å². The lowest BCUT2D eigenvalue weighted by atomic mass is 9.87. The maximum atomic E-state index is 12.1. The van der Waals surface area contributed by atoms with Gasteiger partial charge in [-0.05, 0) is 57.5 Å². The summed E-state index contributed by atoms with van der Waals surface area (Å²) in [5, 5.41) is 3.57. The van der Waals surface area contributed by atoms with Crippen molar-refractivity contribution in [2.24, 2.45) is 5.92 Å². The van der Waals surface area contributed by atoms with Crippen molar-refractivity contribution in [3.05, 3.63) is 12.2 Å². The van der Waals surface area contributed by atoms with Gasteiger partial charge in [0.15, 0.2) is 0 Å². The molecule has 0 aliphatic heterocycles. The average molecular weight is 604 g/mol. The van der Waals surface area contributed by atoms with Crippen LogP contribution in [0.4, 0.5) is 0 Å². The number of hydrogen-bond donors (Lipinski definition) is 1. The van der Waals surface area contributed by atoms with Crippen LogP contribution in [-0.2, 0) is 4.79 Å². The third-order valence-electron chi connectivity index (χ3n) is 9.51. The van der Waals surface area contributed by atoms with E-state index in [0.717, 1.165) is 44.7 Å². The van der Waals surface area contributed by atoms with Gasteiger partial charge >= 0.3 is 0 Å². The van der Waals surface area contributed by atoms with Gasteiger partial charge in [0.2, 0.25) is 0 Å². The zero-order chi connectivity index (χ0) is 31.5. The fraction of sp³-hybridized carbons (Fsp3) is 0.927. The third-order valence-corrected chi connectivity index (χ3v) is 9.51. The van der Waals surface area contributed by atoms with Gasteiger partial charge in [0.1, 0.15) is 5.78 Å². The summed E-state index contributed by atoms with van der Waals surface area (Å²) in [4.78, 5) is 12.1. The van der Waals surface area contributed by atoms with Gasteiger partial charge in [-0.15, -0.1) is 0 Å². The van der Waals surface area contributed by atoms with Crippen molar-refractivity contribution >= 4 is 5.78 Å². The minimum atomic E-state index is 0.477. The smallest absolute Gasteiger partial charge is 0.132 e. The maximum absolute atomic E-state index is 12.1. The second kappa shape index (κ2) is 35.8. The molecule has 0 fully saturated rings. The molecule has 0 saturated carbocycles. The first-order chi connectivity index (χ1) is 21.1. The lowest BCUT2D eigenvalue weighted by Crippen LogP contribution is -2.17. The van der Waals surface area contributed by atoms with E-state index in [-0.39, 0.29) is 0 Å². The summed E-state index contributed by atoms with van der Waals surface area (Å²) >= 11 is 0. The van der Waals surface area contributed by atoms with Gasteiger partial charge in [0, 0.05) is 12.8 Å². The van der Waals surface area contributed by atoms with Crippen LogP contribution in [0.15, 0.2) is 12.2 Å². The van der Waals surface area contributed by atoms with Crippen molar-refractivity contribution in [1.82, 2.24) is 5.32 Å². The van der Waals surface area contributed by atoms with Gasteiger partial charge in [-0.3, -0.25) is 4.79 Å². The molecule has 0 spiro atoms. The molecule has 0 aromatic carbocycles. The van der Waals surface area contributed by atoms with E-state index in [2.05, 4.69) is 32.7 Å². The van der Waals surface area contributed by atoms with E-state index < -0.39 is 0 Å². The van der Waals surface area contributed by atoms with Gasteiger partial charge in [-0.2, -0.15) is 0 Å². The van der Waals surface area contributed by atoms with Gasteiger partial charge < -0.3 is 5.32 Å². The van der Waals surface area contributed by atoms with Crippen molar-refractivity contribution in [1.29, 1.82) is 0 Å².